The number of likely N-dealkylation sites (tertiary alicyclic amines) is 1. The average Bonchev–Trinajstić information content (AvgIpc) is 2.86. The minimum absolute atomic E-state index is 0.245. The molecule has 1 N–H and O–H groups in total. The number of carboxylic acids is 1. The number of rotatable bonds is 10. The molecule has 6 heteroatoms. The highest BCUT2D eigenvalue weighted by molar-refractivity contribution is 6.32. The van der Waals surface area contributed by atoms with Crippen LogP contribution >= 0.6 is 11.6 Å². The number of carbonyl (C=O) groups is 1. The number of hydrogen-bond acceptors (Lipinski definition) is 4. The van der Waals surface area contributed by atoms with E-state index in [4.69, 9.17) is 16.3 Å². The Morgan fingerprint density at radius 1 is 1.18 bits per heavy atom. The van der Waals surface area contributed by atoms with Gasteiger partial charge >= 0.3 is 5.97 Å². The summed E-state index contributed by atoms with van der Waals surface area (Å²) in [6.07, 6.45) is 8.05. The van der Waals surface area contributed by atoms with Crippen molar-refractivity contribution in [2.45, 2.75) is 51.0 Å². The van der Waals surface area contributed by atoms with Crippen molar-refractivity contribution in [2.75, 3.05) is 20.2 Å². The second-order valence-electron chi connectivity index (χ2n) is 9.20. The zero-order valence-electron chi connectivity index (χ0n) is 19.8. The molecule has 0 radical (unpaired) electrons. The van der Waals surface area contributed by atoms with Gasteiger partial charge in [-0.25, -0.2) is 0 Å². The van der Waals surface area contributed by atoms with E-state index < -0.39 is 5.97 Å². The Hall–Kier alpha value is -2.63. The quantitative estimate of drug-likeness (QED) is 0.384. The molecule has 2 aromatic carbocycles. The Morgan fingerprint density at radius 2 is 2.00 bits per heavy atom. The van der Waals surface area contributed by atoms with Gasteiger partial charge in [0.1, 0.15) is 5.75 Å². The van der Waals surface area contributed by atoms with Crippen LogP contribution in [0.4, 0.5) is 0 Å². The standard InChI is InChI=1S/C28H33ClN2O3/c1-34-23-12-13-27-25(18-23)24(26(29)19-30-27)11-5-10-22-17-21(28(32)33)14-16-31(22)15-6-9-20-7-3-2-4-8-20/h2-4,7-8,12-13,18-19,21-22H,5-6,9-11,14-17H2,1H3,(H,32,33). The van der Waals surface area contributed by atoms with E-state index in [1.54, 1.807) is 13.3 Å². The van der Waals surface area contributed by atoms with Crippen LogP contribution in [0.15, 0.2) is 54.7 Å². The fraction of sp³-hybridized carbons (Fsp3) is 0.429. The van der Waals surface area contributed by atoms with Gasteiger partial charge in [-0.3, -0.25) is 9.78 Å². The lowest BCUT2D eigenvalue weighted by molar-refractivity contribution is -0.144. The number of hydrogen-bond donors (Lipinski definition) is 1. The molecule has 1 aromatic heterocycles. The maximum Gasteiger partial charge on any atom is 0.306 e. The highest BCUT2D eigenvalue weighted by Gasteiger charge is 2.31. The molecule has 1 aliphatic rings. The zero-order chi connectivity index (χ0) is 23.9. The number of piperidine rings is 1. The molecule has 0 spiro atoms. The number of carboxylic acid groups (broad SMARTS) is 1. The van der Waals surface area contributed by atoms with Gasteiger partial charge in [-0.05, 0) is 87.4 Å². The van der Waals surface area contributed by atoms with Crippen molar-refractivity contribution >= 4 is 28.5 Å². The minimum Gasteiger partial charge on any atom is -0.497 e. The third-order valence-corrected chi connectivity index (χ3v) is 7.36. The Labute approximate surface area is 206 Å². The predicted octanol–water partition coefficient (Wildman–Crippen LogP) is 6.02. The van der Waals surface area contributed by atoms with E-state index in [2.05, 4.69) is 34.1 Å². The van der Waals surface area contributed by atoms with E-state index in [-0.39, 0.29) is 12.0 Å². The van der Waals surface area contributed by atoms with Crippen LogP contribution < -0.4 is 4.74 Å². The first-order chi connectivity index (χ1) is 16.5. The van der Waals surface area contributed by atoms with Crippen molar-refractivity contribution in [1.29, 1.82) is 0 Å². The number of pyridine rings is 1. The van der Waals surface area contributed by atoms with E-state index in [0.29, 0.717) is 5.02 Å². The summed E-state index contributed by atoms with van der Waals surface area (Å²) in [7, 11) is 1.66. The highest BCUT2D eigenvalue weighted by Crippen LogP contribution is 2.31. The van der Waals surface area contributed by atoms with Gasteiger partial charge in [0.2, 0.25) is 0 Å². The maximum absolute atomic E-state index is 11.7. The molecular weight excluding hydrogens is 448 g/mol. The molecular formula is C28H33ClN2O3. The average molecular weight is 481 g/mol. The Kier molecular flexibility index (Phi) is 8.41. The first kappa shape index (κ1) is 24.5. The minimum atomic E-state index is -0.663. The normalized spacial score (nSPS) is 18.8. The summed E-state index contributed by atoms with van der Waals surface area (Å²) >= 11 is 6.55. The molecule has 1 fully saturated rings. The topological polar surface area (TPSA) is 62.7 Å². The molecule has 1 aliphatic heterocycles. The first-order valence-electron chi connectivity index (χ1n) is 12.2. The van der Waals surface area contributed by atoms with Crippen LogP contribution in [0, 0.1) is 5.92 Å². The number of benzene rings is 2. The molecule has 4 rings (SSSR count). The van der Waals surface area contributed by atoms with Crippen LogP contribution in [0.2, 0.25) is 5.02 Å². The lowest BCUT2D eigenvalue weighted by atomic mass is 9.87. The second-order valence-corrected chi connectivity index (χ2v) is 9.61. The molecule has 0 aliphatic carbocycles. The molecule has 1 saturated heterocycles. The molecule has 0 amide bonds. The van der Waals surface area contributed by atoms with Crippen molar-refractivity contribution in [3.05, 3.63) is 70.9 Å². The molecule has 0 saturated carbocycles. The van der Waals surface area contributed by atoms with Gasteiger partial charge in [0, 0.05) is 17.6 Å². The summed E-state index contributed by atoms with van der Waals surface area (Å²) in [6, 6.07) is 16.7. The van der Waals surface area contributed by atoms with Crippen molar-refractivity contribution in [2.24, 2.45) is 5.92 Å². The first-order valence-corrected chi connectivity index (χ1v) is 12.5. The number of aromatic nitrogens is 1. The predicted molar refractivity (Wildman–Crippen MR) is 137 cm³/mol. The molecule has 2 atom stereocenters. The summed E-state index contributed by atoms with van der Waals surface area (Å²) in [5, 5.41) is 11.3. The van der Waals surface area contributed by atoms with Gasteiger partial charge in [0.15, 0.2) is 0 Å². The van der Waals surface area contributed by atoms with Crippen molar-refractivity contribution in [3.8, 4) is 5.75 Å². The van der Waals surface area contributed by atoms with Gasteiger partial charge in [-0.1, -0.05) is 41.9 Å². The summed E-state index contributed by atoms with van der Waals surface area (Å²) in [5.41, 5.74) is 3.35. The Bertz CT molecular complexity index is 1110. The maximum atomic E-state index is 11.7. The van der Waals surface area contributed by atoms with Crippen LogP contribution in [-0.2, 0) is 17.6 Å². The lowest BCUT2D eigenvalue weighted by Crippen LogP contribution is -2.44. The third-order valence-electron chi connectivity index (χ3n) is 7.04. The smallest absolute Gasteiger partial charge is 0.306 e. The highest BCUT2D eigenvalue weighted by atomic mass is 35.5. The molecule has 5 nitrogen and oxygen atoms in total. The van der Waals surface area contributed by atoms with E-state index in [9.17, 15) is 9.90 Å². The third kappa shape index (κ3) is 6.08. The molecule has 2 unspecified atom stereocenters. The molecule has 34 heavy (non-hydrogen) atoms. The second kappa shape index (κ2) is 11.7. The van der Waals surface area contributed by atoms with Crippen molar-refractivity contribution in [3.63, 3.8) is 0 Å². The fourth-order valence-corrected chi connectivity index (χ4v) is 5.39. The number of fused-ring (bicyclic) bond motifs is 1. The number of halogens is 1. The summed E-state index contributed by atoms with van der Waals surface area (Å²) < 4.78 is 5.40. The van der Waals surface area contributed by atoms with Gasteiger partial charge in [0.25, 0.3) is 0 Å². The Morgan fingerprint density at radius 3 is 2.76 bits per heavy atom. The summed E-state index contributed by atoms with van der Waals surface area (Å²) in [4.78, 5) is 18.7. The van der Waals surface area contributed by atoms with Gasteiger partial charge in [-0.15, -0.1) is 0 Å². The molecule has 180 valence electrons. The summed E-state index contributed by atoms with van der Waals surface area (Å²) in [5.74, 6) is -0.117. The van der Waals surface area contributed by atoms with E-state index >= 15 is 0 Å². The van der Waals surface area contributed by atoms with Crippen LogP contribution in [0.25, 0.3) is 10.9 Å². The van der Waals surface area contributed by atoms with Crippen molar-refractivity contribution in [1.82, 2.24) is 9.88 Å². The summed E-state index contributed by atoms with van der Waals surface area (Å²) in [6.45, 7) is 1.86. The SMILES string of the molecule is COc1ccc2ncc(Cl)c(CCCC3CC(C(=O)O)CCN3CCCc3ccccc3)c2c1. The van der Waals surface area contributed by atoms with Gasteiger partial charge < -0.3 is 14.7 Å². The number of aryl methyl sites for hydroxylation is 2. The van der Waals surface area contributed by atoms with Crippen LogP contribution in [0.5, 0.6) is 5.75 Å². The van der Waals surface area contributed by atoms with Gasteiger partial charge in [0.05, 0.1) is 23.6 Å². The van der Waals surface area contributed by atoms with Gasteiger partial charge in [-0.2, -0.15) is 0 Å². The van der Waals surface area contributed by atoms with Crippen LogP contribution in [-0.4, -0.2) is 47.2 Å². The molecule has 0 bridgehead atoms. The largest absolute Gasteiger partial charge is 0.497 e. The molecule has 3 aromatic rings. The number of nitrogens with zero attached hydrogens (tertiary/aromatic N) is 2. The number of aliphatic carboxylic acids is 1. The number of methoxy groups -OCH3 is 1. The fourth-order valence-electron chi connectivity index (χ4n) is 5.15. The van der Waals surface area contributed by atoms with Crippen molar-refractivity contribution < 1.29 is 14.6 Å². The van der Waals surface area contributed by atoms with E-state index in [1.165, 1.54) is 5.56 Å². The van der Waals surface area contributed by atoms with E-state index in [0.717, 1.165) is 80.3 Å². The zero-order valence-corrected chi connectivity index (χ0v) is 20.5. The monoisotopic (exact) mass is 480 g/mol. The van der Waals surface area contributed by atoms with Crippen LogP contribution in [0.3, 0.4) is 0 Å². The lowest BCUT2D eigenvalue weighted by Gasteiger charge is -2.38. The Balaban J connectivity index is 1.41. The van der Waals surface area contributed by atoms with E-state index in [1.807, 2.05) is 24.3 Å². The van der Waals surface area contributed by atoms with Crippen LogP contribution in [0.1, 0.15) is 43.2 Å². The number of ether oxygens (including phenoxy) is 1. The molecule has 2 heterocycles.